The number of pyridine rings is 1. The molecule has 23 heavy (non-hydrogen) atoms. The predicted molar refractivity (Wildman–Crippen MR) is 93.9 cm³/mol. The molecule has 4 nitrogen and oxygen atoms in total. The van der Waals surface area contributed by atoms with Crippen LogP contribution in [-0.2, 0) is 6.54 Å². The molecule has 4 aromatic rings. The van der Waals surface area contributed by atoms with Crippen LogP contribution in [0.5, 0.6) is 5.75 Å². The van der Waals surface area contributed by atoms with Crippen molar-refractivity contribution in [3.05, 3.63) is 66.4 Å². The van der Waals surface area contributed by atoms with Crippen LogP contribution in [-0.4, -0.2) is 17.1 Å². The average molecular weight is 303 g/mol. The largest absolute Gasteiger partial charge is 0.497 e. The maximum atomic E-state index is 5.25. The van der Waals surface area contributed by atoms with E-state index in [1.54, 1.807) is 7.11 Å². The Labute approximate surface area is 134 Å². The van der Waals surface area contributed by atoms with E-state index < -0.39 is 0 Å². The Morgan fingerprint density at radius 2 is 1.91 bits per heavy atom. The molecule has 0 bridgehead atoms. The molecule has 0 aliphatic heterocycles. The highest BCUT2D eigenvalue weighted by Crippen LogP contribution is 2.26. The topological polar surface area (TPSA) is 49.9 Å². The Morgan fingerprint density at radius 1 is 1.00 bits per heavy atom. The summed E-state index contributed by atoms with van der Waals surface area (Å²) in [5.41, 5.74) is 3.34. The zero-order chi connectivity index (χ0) is 15.6. The molecule has 0 fully saturated rings. The normalized spacial score (nSPS) is 11.0. The molecule has 0 atom stereocenters. The number of methoxy groups -OCH3 is 1. The quantitative estimate of drug-likeness (QED) is 0.590. The van der Waals surface area contributed by atoms with Gasteiger partial charge in [0.25, 0.3) is 0 Å². The molecule has 2 heterocycles. The summed E-state index contributed by atoms with van der Waals surface area (Å²) in [5.74, 6) is 1.73. The summed E-state index contributed by atoms with van der Waals surface area (Å²) in [6.07, 6.45) is 1.88. The van der Waals surface area contributed by atoms with E-state index in [1.807, 2.05) is 30.5 Å². The number of anilines is 1. The lowest BCUT2D eigenvalue weighted by molar-refractivity contribution is 0.414. The van der Waals surface area contributed by atoms with Crippen molar-refractivity contribution in [2.24, 2.45) is 0 Å². The molecular weight excluding hydrogens is 286 g/mol. The highest BCUT2D eigenvalue weighted by molar-refractivity contribution is 6.07. The zero-order valence-electron chi connectivity index (χ0n) is 12.8. The first-order valence-corrected chi connectivity index (χ1v) is 7.57. The number of ether oxygens (including phenoxy) is 1. The summed E-state index contributed by atoms with van der Waals surface area (Å²) < 4.78 is 5.25. The predicted octanol–water partition coefficient (Wildman–Crippen LogP) is 4.34. The van der Waals surface area contributed by atoms with Gasteiger partial charge in [0.15, 0.2) is 0 Å². The monoisotopic (exact) mass is 303 g/mol. The van der Waals surface area contributed by atoms with Gasteiger partial charge < -0.3 is 15.0 Å². The van der Waals surface area contributed by atoms with Crippen LogP contribution in [0.15, 0.2) is 60.8 Å². The van der Waals surface area contributed by atoms with Gasteiger partial charge in [-0.3, -0.25) is 0 Å². The van der Waals surface area contributed by atoms with Crippen LogP contribution in [0, 0.1) is 0 Å². The first kappa shape index (κ1) is 13.6. The molecule has 0 saturated carbocycles. The third kappa shape index (κ3) is 2.59. The Hall–Kier alpha value is -3.01. The van der Waals surface area contributed by atoms with Gasteiger partial charge in [0.1, 0.15) is 11.6 Å². The molecule has 0 saturated heterocycles. The molecule has 2 N–H and O–H groups in total. The first-order valence-electron chi connectivity index (χ1n) is 7.57. The first-order chi connectivity index (χ1) is 11.3. The van der Waals surface area contributed by atoms with Crippen molar-refractivity contribution in [2.45, 2.75) is 6.54 Å². The fraction of sp³-hybridized carbons (Fsp3) is 0.105. The maximum Gasteiger partial charge on any atom is 0.126 e. The van der Waals surface area contributed by atoms with Crippen LogP contribution in [0.2, 0.25) is 0 Å². The molecule has 0 aliphatic rings. The fourth-order valence-corrected chi connectivity index (χ4v) is 2.82. The minimum Gasteiger partial charge on any atom is -0.497 e. The number of para-hydroxylation sites is 1. The van der Waals surface area contributed by atoms with Crippen LogP contribution < -0.4 is 10.1 Å². The van der Waals surface area contributed by atoms with Crippen molar-refractivity contribution in [1.82, 2.24) is 9.97 Å². The molecule has 4 rings (SSSR count). The summed E-state index contributed by atoms with van der Waals surface area (Å²) in [6.45, 7) is 0.706. The molecule has 2 aromatic heterocycles. The van der Waals surface area contributed by atoms with Crippen LogP contribution in [0.4, 0.5) is 5.82 Å². The molecule has 0 spiro atoms. The Bertz CT molecular complexity index is 975. The van der Waals surface area contributed by atoms with Crippen LogP contribution >= 0.6 is 0 Å². The van der Waals surface area contributed by atoms with E-state index >= 15 is 0 Å². The van der Waals surface area contributed by atoms with Crippen molar-refractivity contribution in [3.8, 4) is 5.75 Å². The second-order valence-corrected chi connectivity index (χ2v) is 5.49. The standard InChI is InChI=1S/C19H17N3O/c1-23-14-6-4-5-13(9-14)11-20-19-10-16-15-7-2-3-8-17(15)22-18(16)12-21-19/h2-10,12,22H,11H2,1H3,(H,20,21). The maximum absolute atomic E-state index is 5.25. The van der Waals surface area contributed by atoms with Crippen LogP contribution in [0.25, 0.3) is 21.8 Å². The van der Waals surface area contributed by atoms with Crippen molar-refractivity contribution in [1.29, 1.82) is 0 Å². The molecule has 4 heteroatoms. The van der Waals surface area contributed by atoms with Crippen molar-refractivity contribution >= 4 is 27.6 Å². The molecule has 114 valence electrons. The minimum atomic E-state index is 0.706. The number of hydrogen-bond acceptors (Lipinski definition) is 3. The highest BCUT2D eigenvalue weighted by atomic mass is 16.5. The van der Waals surface area contributed by atoms with E-state index in [9.17, 15) is 0 Å². The van der Waals surface area contributed by atoms with E-state index in [1.165, 1.54) is 10.8 Å². The minimum absolute atomic E-state index is 0.706. The van der Waals surface area contributed by atoms with E-state index in [0.717, 1.165) is 28.2 Å². The van der Waals surface area contributed by atoms with E-state index in [0.29, 0.717) is 6.54 Å². The third-order valence-electron chi connectivity index (χ3n) is 4.00. The van der Waals surface area contributed by atoms with Crippen molar-refractivity contribution < 1.29 is 4.74 Å². The van der Waals surface area contributed by atoms with Gasteiger partial charge in [0, 0.05) is 22.8 Å². The molecule has 0 aliphatic carbocycles. The molecule has 0 unspecified atom stereocenters. The number of benzene rings is 2. The zero-order valence-corrected chi connectivity index (χ0v) is 12.8. The lowest BCUT2D eigenvalue weighted by Crippen LogP contribution is -2.01. The lowest BCUT2D eigenvalue weighted by Gasteiger charge is -2.07. The van der Waals surface area contributed by atoms with Gasteiger partial charge >= 0.3 is 0 Å². The van der Waals surface area contributed by atoms with Gasteiger partial charge in [-0.05, 0) is 29.8 Å². The molecule has 0 amide bonds. The Balaban J connectivity index is 1.62. The number of aromatic nitrogens is 2. The van der Waals surface area contributed by atoms with Gasteiger partial charge in [0.2, 0.25) is 0 Å². The summed E-state index contributed by atoms with van der Waals surface area (Å²) in [5, 5.41) is 5.78. The Kier molecular flexibility index (Phi) is 3.35. The Morgan fingerprint density at radius 3 is 2.83 bits per heavy atom. The van der Waals surface area contributed by atoms with Crippen molar-refractivity contribution in [3.63, 3.8) is 0 Å². The number of H-pyrrole nitrogens is 1. The third-order valence-corrected chi connectivity index (χ3v) is 4.00. The average Bonchev–Trinajstić information content (AvgIpc) is 2.98. The summed E-state index contributed by atoms with van der Waals surface area (Å²) in [7, 11) is 1.68. The fourth-order valence-electron chi connectivity index (χ4n) is 2.82. The second kappa shape index (κ2) is 5.65. The number of fused-ring (bicyclic) bond motifs is 3. The van der Waals surface area contributed by atoms with Gasteiger partial charge in [-0.25, -0.2) is 4.98 Å². The van der Waals surface area contributed by atoms with Gasteiger partial charge in [0.05, 0.1) is 18.8 Å². The lowest BCUT2D eigenvalue weighted by atomic mass is 10.2. The van der Waals surface area contributed by atoms with Crippen LogP contribution in [0.3, 0.4) is 0 Å². The van der Waals surface area contributed by atoms with Gasteiger partial charge in [-0.15, -0.1) is 0 Å². The van der Waals surface area contributed by atoms with Gasteiger partial charge in [-0.1, -0.05) is 30.3 Å². The number of nitrogens with zero attached hydrogens (tertiary/aromatic N) is 1. The smallest absolute Gasteiger partial charge is 0.126 e. The molecule has 0 radical (unpaired) electrons. The summed E-state index contributed by atoms with van der Waals surface area (Å²) in [4.78, 5) is 7.87. The van der Waals surface area contributed by atoms with E-state index in [-0.39, 0.29) is 0 Å². The molecular formula is C19H17N3O. The number of nitrogens with one attached hydrogen (secondary N) is 2. The number of aromatic amines is 1. The second-order valence-electron chi connectivity index (χ2n) is 5.49. The number of rotatable bonds is 4. The van der Waals surface area contributed by atoms with E-state index in [2.05, 4.69) is 45.6 Å². The van der Waals surface area contributed by atoms with Gasteiger partial charge in [-0.2, -0.15) is 0 Å². The summed E-state index contributed by atoms with van der Waals surface area (Å²) in [6, 6.07) is 18.4. The summed E-state index contributed by atoms with van der Waals surface area (Å²) >= 11 is 0. The number of hydrogen-bond donors (Lipinski definition) is 2. The van der Waals surface area contributed by atoms with Crippen molar-refractivity contribution in [2.75, 3.05) is 12.4 Å². The van der Waals surface area contributed by atoms with Crippen LogP contribution in [0.1, 0.15) is 5.56 Å². The molecule has 2 aromatic carbocycles. The van der Waals surface area contributed by atoms with E-state index in [4.69, 9.17) is 4.74 Å². The highest BCUT2D eigenvalue weighted by Gasteiger charge is 2.05. The SMILES string of the molecule is COc1cccc(CNc2cc3c(cn2)[nH]c2ccccc23)c1.